The lowest BCUT2D eigenvalue weighted by Crippen LogP contribution is -2.15. The Labute approximate surface area is 104 Å². The van der Waals surface area contributed by atoms with Gasteiger partial charge in [0.25, 0.3) is 0 Å². The average molecular weight is 253 g/mol. The van der Waals surface area contributed by atoms with Gasteiger partial charge in [0.1, 0.15) is 11.7 Å². The zero-order chi connectivity index (χ0) is 13.5. The molecule has 0 fully saturated rings. The van der Waals surface area contributed by atoms with Crippen molar-refractivity contribution in [3.63, 3.8) is 0 Å². The van der Waals surface area contributed by atoms with Crippen molar-refractivity contribution in [3.05, 3.63) is 29.8 Å². The molecule has 1 rings (SSSR count). The van der Waals surface area contributed by atoms with Crippen molar-refractivity contribution < 1.29 is 18.3 Å². The van der Waals surface area contributed by atoms with E-state index in [0.29, 0.717) is 12.8 Å². The number of carbonyl (C=O) groups excluding carboxylic acids is 1. The van der Waals surface area contributed by atoms with E-state index in [-0.39, 0.29) is 11.3 Å². The van der Waals surface area contributed by atoms with E-state index in [0.717, 1.165) is 0 Å². The standard InChI is InChI=1S/C13H13F2NO2/c1-2-5-9(8-16)12(17)10-6-3-4-7-11(10)18-13(14)15/h3-4,6-7,9,13H,2,5H2,1H3. The summed E-state index contributed by atoms with van der Waals surface area (Å²) in [6.07, 6.45) is 1.07. The van der Waals surface area contributed by atoms with Crippen LogP contribution in [0.15, 0.2) is 24.3 Å². The molecule has 18 heavy (non-hydrogen) atoms. The number of nitriles is 1. The summed E-state index contributed by atoms with van der Waals surface area (Å²) in [5.41, 5.74) is 0.0257. The summed E-state index contributed by atoms with van der Waals surface area (Å²) in [6, 6.07) is 7.61. The highest BCUT2D eigenvalue weighted by molar-refractivity contribution is 6.01. The molecule has 0 saturated carbocycles. The molecule has 0 radical (unpaired) electrons. The molecule has 0 amide bonds. The summed E-state index contributed by atoms with van der Waals surface area (Å²) in [4.78, 5) is 12.0. The van der Waals surface area contributed by atoms with Gasteiger partial charge in [0.05, 0.1) is 11.6 Å². The van der Waals surface area contributed by atoms with Crippen LogP contribution in [0.4, 0.5) is 8.78 Å². The van der Waals surface area contributed by atoms with Crippen LogP contribution in [0.25, 0.3) is 0 Å². The fourth-order valence-corrected chi connectivity index (χ4v) is 1.60. The minimum absolute atomic E-state index is 0.0257. The number of alkyl halides is 2. The second-order valence-corrected chi connectivity index (χ2v) is 3.71. The van der Waals surface area contributed by atoms with Gasteiger partial charge < -0.3 is 4.74 Å². The number of benzene rings is 1. The van der Waals surface area contributed by atoms with Gasteiger partial charge in [0.15, 0.2) is 5.78 Å². The third-order valence-electron chi connectivity index (χ3n) is 2.42. The molecule has 0 aliphatic rings. The number of carbonyl (C=O) groups is 1. The SMILES string of the molecule is CCCC(C#N)C(=O)c1ccccc1OC(F)F. The Hall–Kier alpha value is -1.96. The maximum atomic E-state index is 12.2. The lowest BCUT2D eigenvalue weighted by atomic mass is 9.94. The van der Waals surface area contributed by atoms with Crippen molar-refractivity contribution >= 4 is 5.78 Å². The first kappa shape index (κ1) is 14.1. The van der Waals surface area contributed by atoms with Crippen LogP contribution < -0.4 is 4.74 Å². The fourth-order valence-electron chi connectivity index (χ4n) is 1.60. The van der Waals surface area contributed by atoms with E-state index in [2.05, 4.69) is 4.74 Å². The number of ether oxygens (including phenoxy) is 1. The number of hydrogen-bond donors (Lipinski definition) is 0. The summed E-state index contributed by atoms with van der Waals surface area (Å²) in [7, 11) is 0. The number of hydrogen-bond acceptors (Lipinski definition) is 3. The smallest absolute Gasteiger partial charge is 0.387 e. The number of para-hydroxylation sites is 1. The summed E-state index contributed by atoms with van der Waals surface area (Å²) in [5.74, 6) is -1.48. The van der Waals surface area contributed by atoms with E-state index >= 15 is 0 Å². The molecular formula is C13H13F2NO2. The van der Waals surface area contributed by atoms with E-state index in [9.17, 15) is 13.6 Å². The zero-order valence-electron chi connectivity index (χ0n) is 9.90. The summed E-state index contributed by atoms with van der Waals surface area (Å²) >= 11 is 0. The Kier molecular flexibility index (Phi) is 5.25. The van der Waals surface area contributed by atoms with Crippen LogP contribution in [0.3, 0.4) is 0 Å². The second kappa shape index (κ2) is 6.70. The van der Waals surface area contributed by atoms with Crippen molar-refractivity contribution in [2.24, 2.45) is 5.92 Å². The molecule has 0 heterocycles. The molecule has 0 N–H and O–H groups in total. The summed E-state index contributed by atoms with van der Waals surface area (Å²) in [5, 5.41) is 8.90. The fraction of sp³-hybridized carbons (Fsp3) is 0.385. The predicted octanol–water partition coefficient (Wildman–Crippen LogP) is 3.41. The number of halogens is 2. The molecule has 1 unspecified atom stereocenters. The Balaban J connectivity index is 3.01. The summed E-state index contributed by atoms with van der Waals surface area (Å²) < 4.78 is 28.7. The number of rotatable bonds is 6. The summed E-state index contributed by atoms with van der Waals surface area (Å²) in [6.45, 7) is -1.15. The van der Waals surface area contributed by atoms with Crippen LogP contribution >= 0.6 is 0 Å². The zero-order valence-corrected chi connectivity index (χ0v) is 9.90. The topological polar surface area (TPSA) is 50.1 Å². The number of nitrogens with zero attached hydrogens (tertiary/aromatic N) is 1. The number of ketones is 1. The molecule has 0 aliphatic heterocycles. The van der Waals surface area contributed by atoms with E-state index in [1.807, 2.05) is 13.0 Å². The van der Waals surface area contributed by atoms with Gasteiger partial charge in [-0.15, -0.1) is 0 Å². The quantitative estimate of drug-likeness (QED) is 0.730. The van der Waals surface area contributed by atoms with Crippen LogP contribution in [0.5, 0.6) is 5.75 Å². The Morgan fingerprint density at radius 3 is 2.67 bits per heavy atom. The van der Waals surface area contributed by atoms with E-state index in [1.165, 1.54) is 18.2 Å². The molecule has 0 aromatic heterocycles. The maximum absolute atomic E-state index is 12.2. The van der Waals surface area contributed by atoms with Crippen LogP contribution in [-0.4, -0.2) is 12.4 Å². The number of Topliss-reactive ketones (excluding diaryl/α,β-unsaturated/α-hetero) is 1. The molecule has 0 spiro atoms. The molecule has 1 aromatic rings. The minimum atomic E-state index is -2.99. The normalized spacial score (nSPS) is 11.9. The molecule has 0 bridgehead atoms. The van der Waals surface area contributed by atoms with Gasteiger partial charge in [-0.05, 0) is 18.6 Å². The van der Waals surface area contributed by atoms with Gasteiger partial charge in [-0.3, -0.25) is 4.79 Å². The van der Waals surface area contributed by atoms with Crippen molar-refractivity contribution in [1.29, 1.82) is 5.26 Å². The van der Waals surface area contributed by atoms with Gasteiger partial charge in [0, 0.05) is 0 Å². The van der Waals surface area contributed by atoms with E-state index in [1.54, 1.807) is 6.07 Å². The Bertz CT molecular complexity index is 455. The highest BCUT2D eigenvalue weighted by Gasteiger charge is 2.22. The van der Waals surface area contributed by atoms with Crippen LogP contribution in [0.1, 0.15) is 30.1 Å². The van der Waals surface area contributed by atoms with Crippen molar-refractivity contribution in [2.75, 3.05) is 0 Å². The monoisotopic (exact) mass is 253 g/mol. The first-order chi connectivity index (χ1) is 8.60. The first-order valence-corrected chi connectivity index (χ1v) is 5.57. The third kappa shape index (κ3) is 3.52. The van der Waals surface area contributed by atoms with Gasteiger partial charge in [-0.1, -0.05) is 25.5 Å². The highest BCUT2D eigenvalue weighted by atomic mass is 19.3. The minimum Gasteiger partial charge on any atom is -0.434 e. The predicted molar refractivity (Wildman–Crippen MR) is 61.4 cm³/mol. The van der Waals surface area contributed by atoms with E-state index < -0.39 is 18.3 Å². The molecule has 1 atom stereocenters. The average Bonchev–Trinajstić information content (AvgIpc) is 2.35. The molecule has 3 nitrogen and oxygen atoms in total. The van der Waals surface area contributed by atoms with Crippen molar-refractivity contribution in [3.8, 4) is 11.8 Å². The van der Waals surface area contributed by atoms with Crippen molar-refractivity contribution in [2.45, 2.75) is 26.4 Å². The molecule has 96 valence electrons. The molecule has 0 aliphatic carbocycles. The van der Waals surface area contributed by atoms with E-state index in [4.69, 9.17) is 5.26 Å². The molecular weight excluding hydrogens is 240 g/mol. The van der Waals surface area contributed by atoms with Gasteiger partial charge in [0.2, 0.25) is 0 Å². The Morgan fingerprint density at radius 1 is 1.44 bits per heavy atom. The third-order valence-corrected chi connectivity index (χ3v) is 2.42. The lowest BCUT2D eigenvalue weighted by Gasteiger charge is -2.11. The highest BCUT2D eigenvalue weighted by Crippen LogP contribution is 2.24. The van der Waals surface area contributed by atoms with Crippen LogP contribution in [0, 0.1) is 17.2 Å². The van der Waals surface area contributed by atoms with Gasteiger partial charge in [-0.2, -0.15) is 14.0 Å². The van der Waals surface area contributed by atoms with Gasteiger partial charge in [-0.25, -0.2) is 0 Å². The van der Waals surface area contributed by atoms with Crippen LogP contribution in [-0.2, 0) is 0 Å². The van der Waals surface area contributed by atoms with Crippen molar-refractivity contribution in [1.82, 2.24) is 0 Å². The molecule has 1 aromatic carbocycles. The first-order valence-electron chi connectivity index (χ1n) is 5.57. The van der Waals surface area contributed by atoms with Crippen LogP contribution in [0.2, 0.25) is 0 Å². The largest absolute Gasteiger partial charge is 0.434 e. The second-order valence-electron chi connectivity index (χ2n) is 3.71. The lowest BCUT2D eigenvalue weighted by molar-refractivity contribution is -0.0501. The molecule has 0 saturated heterocycles. The molecule has 5 heteroatoms. The van der Waals surface area contributed by atoms with Gasteiger partial charge >= 0.3 is 6.61 Å². The Morgan fingerprint density at radius 2 is 2.11 bits per heavy atom. The maximum Gasteiger partial charge on any atom is 0.387 e.